The average Bonchev–Trinajstić information content (AvgIpc) is 3.26. The number of nitrogens with one attached hydrogen (secondary N) is 1. The molecule has 1 aromatic heterocycles. The predicted molar refractivity (Wildman–Crippen MR) is 101 cm³/mol. The summed E-state index contributed by atoms with van der Waals surface area (Å²) in [6, 6.07) is 0. The van der Waals surface area contributed by atoms with Gasteiger partial charge < -0.3 is 10.2 Å². The summed E-state index contributed by atoms with van der Waals surface area (Å²) in [5.41, 5.74) is 0. The van der Waals surface area contributed by atoms with Gasteiger partial charge in [-0.25, -0.2) is 0 Å². The summed E-state index contributed by atoms with van der Waals surface area (Å²) in [4.78, 5) is 27.5. The first-order chi connectivity index (χ1) is 12.0. The van der Waals surface area contributed by atoms with Crippen molar-refractivity contribution in [2.45, 2.75) is 62.0 Å². The lowest BCUT2D eigenvalue weighted by molar-refractivity contribution is -0.141. The first-order valence-corrected chi connectivity index (χ1v) is 10.8. The van der Waals surface area contributed by atoms with Gasteiger partial charge in [-0.05, 0) is 25.7 Å². The molecule has 1 aliphatic heterocycles. The van der Waals surface area contributed by atoms with Crippen LogP contribution in [0.3, 0.4) is 0 Å². The number of hydrogen-bond acceptors (Lipinski definition) is 6. The van der Waals surface area contributed by atoms with E-state index in [9.17, 15) is 9.59 Å². The van der Waals surface area contributed by atoms with Crippen molar-refractivity contribution in [3.63, 3.8) is 0 Å². The maximum atomic E-state index is 12.8. The number of amides is 2. The van der Waals surface area contributed by atoms with E-state index in [2.05, 4.69) is 29.4 Å². The third-order valence-corrected chi connectivity index (χ3v) is 6.74. The number of rotatable bonds is 5. The minimum absolute atomic E-state index is 0.0745. The van der Waals surface area contributed by atoms with Gasteiger partial charge in [-0.3, -0.25) is 9.59 Å². The minimum Gasteiger partial charge on any atom is -0.342 e. The third-order valence-electron chi connectivity index (χ3n) is 4.81. The summed E-state index contributed by atoms with van der Waals surface area (Å²) >= 11 is 3.04. The Kier molecular flexibility index (Phi) is 6.33. The van der Waals surface area contributed by atoms with E-state index in [0.717, 1.165) is 56.0 Å². The number of anilines is 1. The molecule has 1 saturated heterocycles. The fourth-order valence-electron chi connectivity index (χ4n) is 3.62. The largest absolute Gasteiger partial charge is 0.342 e. The quantitative estimate of drug-likeness (QED) is 0.624. The fraction of sp³-hybridized carbons (Fsp3) is 0.765. The van der Waals surface area contributed by atoms with Crippen LogP contribution in [0.15, 0.2) is 4.34 Å². The van der Waals surface area contributed by atoms with Crippen LogP contribution >= 0.6 is 23.1 Å². The molecule has 1 N–H and O–H groups in total. The number of nitrogens with zero attached hydrogens (tertiary/aromatic N) is 3. The second kappa shape index (κ2) is 8.49. The molecular weight excluding hydrogens is 356 g/mol. The van der Waals surface area contributed by atoms with Crippen LogP contribution in [0, 0.1) is 11.8 Å². The summed E-state index contributed by atoms with van der Waals surface area (Å²) in [5, 5.41) is 12.0. The lowest BCUT2D eigenvalue weighted by atomic mass is 9.78. The second-order valence-corrected chi connectivity index (χ2v) is 9.86. The topological polar surface area (TPSA) is 75.2 Å². The molecule has 138 valence electrons. The van der Waals surface area contributed by atoms with E-state index in [1.54, 1.807) is 11.8 Å². The third kappa shape index (κ3) is 4.73. The smallest absolute Gasteiger partial charge is 0.230 e. The van der Waals surface area contributed by atoms with E-state index in [4.69, 9.17) is 0 Å². The van der Waals surface area contributed by atoms with Gasteiger partial charge in [-0.15, -0.1) is 10.2 Å². The molecular formula is C17H26N4O2S2. The van der Waals surface area contributed by atoms with Crippen LogP contribution in [0.1, 0.15) is 52.4 Å². The summed E-state index contributed by atoms with van der Waals surface area (Å²) in [6.07, 6.45) is 5.79. The molecule has 0 unspecified atom stereocenters. The number of likely N-dealkylation sites (tertiary alicyclic amines) is 1. The highest BCUT2D eigenvalue weighted by Gasteiger charge is 2.38. The SMILES string of the molecule is CC(C)Sc1nnc(NC(=O)[C@H]2CCCC[C@H]2C(=O)N2CCCC2)s1. The zero-order valence-corrected chi connectivity index (χ0v) is 16.5. The molecule has 25 heavy (non-hydrogen) atoms. The molecule has 1 aromatic rings. The highest BCUT2D eigenvalue weighted by atomic mass is 32.2. The number of thioether (sulfide) groups is 1. The fourth-order valence-corrected chi connectivity index (χ4v) is 5.60. The monoisotopic (exact) mass is 382 g/mol. The van der Waals surface area contributed by atoms with Gasteiger partial charge in [-0.1, -0.05) is 49.8 Å². The van der Waals surface area contributed by atoms with Crippen molar-refractivity contribution in [3.05, 3.63) is 0 Å². The molecule has 3 rings (SSSR count). The summed E-state index contributed by atoms with van der Waals surface area (Å²) in [6.45, 7) is 5.88. The maximum Gasteiger partial charge on any atom is 0.230 e. The highest BCUT2D eigenvalue weighted by Crippen LogP contribution is 2.34. The van der Waals surface area contributed by atoms with Gasteiger partial charge in [0, 0.05) is 30.2 Å². The number of carbonyl (C=O) groups excluding carboxylic acids is 2. The normalized spacial score (nSPS) is 23.9. The van der Waals surface area contributed by atoms with Crippen LogP contribution in [-0.4, -0.2) is 45.3 Å². The molecule has 1 saturated carbocycles. The van der Waals surface area contributed by atoms with E-state index >= 15 is 0 Å². The van der Waals surface area contributed by atoms with Crippen LogP contribution in [0.2, 0.25) is 0 Å². The molecule has 2 aliphatic rings. The number of hydrogen-bond donors (Lipinski definition) is 1. The van der Waals surface area contributed by atoms with E-state index in [0.29, 0.717) is 10.4 Å². The van der Waals surface area contributed by atoms with Crippen LogP contribution < -0.4 is 5.32 Å². The van der Waals surface area contributed by atoms with Gasteiger partial charge in [0.15, 0.2) is 4.34 Å². The maximum absolute atomic E-state index is 12.8. The molecule has 8 heteroatoms. The Bertz CT molecular complexity index is 614. The van der Waals surface area contributed by atoms with Crippen molar-refractivity contribution in [1.82, 2.24) is 15.1 Å². The highest BCUT2D eigenvalue weighted by molar-refractivity contribution is 8.01. The Morgan fingerprint density at radius 2 is 1.80 bits per heavy atom. The molecule has 2 atom stereocenters. The Morgan fingerprint density at radius 1 is 1.12 bits per heavy atom. The van der Waals surface area contributed by atoms with Crippen molar-refractivity contribution in [2.75, 3.05) is 18.4 Å². The van der Waals surface area contributed by atoms with Crippen LogP contribution in [-0.2, 0) is 9.59 Å². The van der Waals surface area contributed by atoms with Gasteiger partial charge in [0.1, 0.15) is 0 Å². The zero-order valence-electron chi connectivity index (χ0n) is 14.9. The van der Waals surface area contributed by atoms with Gasteiger partial charge in [-0.2, -0.15) is 0 Å². The minimum atomic E-state index is -0.244. The van der Waals surface area contributed by atoms with E-state index in [1.807, 2.05) is 4.90 Å². The number of carbonyl (C=O) groups is 2. The molecule has 2 amide bonds. The van der Waals surface area contributed by atoms with Crippen molar-refractivity contribution in [2.24, 2.45) is 11.8 Å². The van der Waals surface area contributed by atoms with Crippen molar-refractivity contribution in [3.8, 4) is 0 Å². The van der Waals surface area contributed by atoms with E-state index in [-0.39, 0.29) is 23.7 Å². The average molecular weight is 383 g/mol. The molecule has 0 bridgehead atoms. The first-order valence-electron chi connectivity index (χ1n) is 9.14. The van der Waals surface area contributed by atoms with E-state index in [1.165, 1.54) is 11.3 Å². The molecule has 2 heterocycles. The summed E-state index contributed by atoms with van der Waals surface area (Å²) in [5.74, 6) is -0.323. The first kappa shape index (κ1) is 18.6. The molecule has 2 fully saturated rings. The lowest BCUT2D eigenvalue weighted by Crippen LogP contribution is -2.42. The van der Waals surface area contributed by atoms with Crippen molar-refractivity contribution in [1.29, 1.82) is 0 Å². The molecule has 0 radical (unpaired) electrons. The Labute approximate surface area is 157 Å². The Morgan fingerprint density at radius 3 is 2.48 bits per heavy atom. The lowest BCUT2D eigenvalue weighted by Gasteiger charge is -2.32. The van der Waals surface area contributed by atoms with Crippen molar-refractivity contribution >= 4 is 40.0 Å². The van der Waals surface area contributed by atoms with Gasteiger partial charge in [0.05, 0.1) is 0 Å². The second-order valence-electron chi connectivity index (χ2n) is 7.06. The van der Waals surface area contributed by atoms with Gasteiger partial charge in [0.2, 0.25) is 16.9 Å². The molecule has 1 aliphatic carbocycles. The number of aromatic nitrogens is 2. The predicted octanol–water partition coefficient (Wildman–Crippen LogP) is 3.41. The zero-order chi connectivity index (χ0) is 17.8. The van der Waals surface area contributed by atoms with Gasteiger partial charge >= 0.3 is 0 Å². The molecule has 0 aromatic carbocycles. The summed E-state index contributed by atoms with van der Waals surface area (Å²) in [7, 11) is 0. The summed E-state index contributed by atoms with van der Waals surface area (Å²) < 4.78 is 0.860. The van der Waals surface area contributed by atoms with Gasteiger partial charge in [0.25, 0.3) is 0 Å². The molecule has 0 spiro atoms. The van der Waals surface area contributed by atoms with Crippen LogP contribution in [0.25, 0.3) is 0 Å². The Hall–Kier alpha value is -1.15. The van der Waals surface area contributed by atoms with E-state index < -0.39 is 0 Å². The Balaban J connectivity index is 1.64. The standard InChI is InChI=1S/C17H26N4O2S2/c1-11(2)24-17-20-19-16(25-17)18-14(22)12-7-3-4-8-13(12)15(23)21-9-5-6-10-21/h11-13H,3-10H2,1-2H3,(H,18,19,22)/t12-,13+/m0/s1. The van der Waals surface area contributed by atoms with Crippen molar-refractivity contribution < 1.29 is 9.59 Å². The van der Waals surface area contributed by atoms with Crippen LogP contribution in [0.5, 0.6) is 0 Å². The molecule has 6 nitrogen and oxygen atoms in total. The van der Waals surface area contributed by atoms with Crippen LogP contribution in [0.4, 0.5) is 5.13 Å².